The first-order valence-electron chi connectivity index (χ1n) is 15.9. The highest BCUT2D eigenvalue weighted by atomic mass is 35.5. The number of anilines is 1. The molecule has 49 heavy (non-hydrogen) atoms. The Balaban J connectivity index is 1.83. The van der Waals surface area contributed by atoms with Crippen LogP contribution in [0, 0.1) is 0 Å². The van der Waals surface area contributed by atoms with Crippen LogP contribution in [0.1, 0.15) is 38.3 Å². The first-order chi connectivity index (χ1) is 23.5. The number of sulfonamides is 1. The molecule has 0 aliphatic rings. The maximum absolute atomic E-state index is 14.7. The van der Waals surface area contributed by atoms with Gasteiger partial charge in [-0.15, -0.1) is 11.8 Å². The second kappa shape index (κ2) is 17.8. The highest BCUT2D eigenvalue weighted by Crippen LogP contribution is 2.29. The molecule has 0 aliphatic heterocycles. The molecule has 0 fully saturated rings. The predicted molar refractivity (Wildman–Crippen MR) is 199 cm³/mol. The number of rotatable bonds is 16. The van der Waals surface area contributed by atoms with Gasteiger partial charge in [-0.3, -0.25) is 13.9 Å². The van der Waals surface area contributed by atoms with Gasteiger partial charge in [0, 0.05) is 33.9 Å². The Morgan fingerprint density at radius 1 is 0.918 bits per heavy atom. The molecule has 0 spiro atoms. The number of carbonyl (C=O) groups excluding carboxylic acids is 2. The first kappa shape index (κ1) is 38.1. The lowest BCUT2D eigenvalue weighted by Crippen LogP contribution is -2.54. The Bertz CT molecular complexity index is 1810. The third kappa shape index (κ3) is 10.2. The summed E-state index contributed by atoms with van der Waals surface area (Å²) in [6, 6.07) is 26.2. The van der Waals surface area contributed by atoms with Crippen LogP contribution in [-0.4, -0.2) is 56.6 Å². The summed E-state index contributed by atoms with van der Waals surface area (Å²) in [7, 11) is -4.26. The number of benzene rings is 4. The van der Waals surface area contributed by atoms with Gasteiger partial charge in [0.1, 0.15) is 18.3 Å². The number of halogens is 2. The van der Waals surface area contributed by atoms with Crippen LogP contribution in [0.5, 0.6) is 5.75 Å². The van der Waals surface area contributed by atoms with Crippen molar-refractivity contribution in [1.82, 2.24) is 10.2 Å². The van der Waals surface area contributed by atoms with Crippen LogP contribution in [0.15, 0.2) is 107 Å². The topological polar surface area (TPSA) is 96.0 Å². The van der Waals surface area contributed by atoms with Crippen molar-refractivity contribution in [2.45, 2.75) is 62.0 Å². The van der Waals surface area contributed by atoms with Crippen LogP contribution in [0.3, 0.4) is 0 Å². The molecule has 2 amide bonds. The van der Waals surface area contributed by atoms with Crippen LogP contribution in [0.2, 0.25) is 10.0 Å². The molecule has 0 radical (unpaired) electrons. The van der Waals surface area contributed by atoms with Gasteiger partial charge in [-0.2, -0.15) is 0 Å². The fraction of sp³-hybridized carbons (Fsp3) is 0.297. The zero-order valence-electron chi connectivity index (χ0n) is 27.9. The summed E-state index contributed by atoms with van der Waals surface area (Å²) in [5.41, 5.74) is 1.65. The minimum atomic E-state index is -4.26. The molecule has 0 aromatic heterocycles. The summed E-state index contributed by atoms with van der Waals surface area (Å²) in [5, 5.41) is 3.76. The number of carbonyl (C=O) groups is 2. The van der Waals surface area contributed by atoms with E-state index in [-0.39, 0.29) is 35.5 Å². The van der Waals surface area contributed by atoms with E-state index in [0.717, 1.165) is 14.8 Å². The molecule has 4 aromatic carbocycles. The van der Waals surface area contributed by atoms with Gasteiger partial charge in [0.05, 0.1) is 17.2 Å². The SMILES string of the molecule is CCOc1ccc(N(CC(=O)N(Cc2ccc(Cl)cc2Cl)C(Cc2ccccc2)C(=O)NC(C)CC)S(=O)(=O)c2ccc(SC)cc2)cc1. The van der Waals surface area contributed by atoms with Gasteiger partial charge in [-0.05, 0) is 98.3 Å². The Morgan fingerprint density at radius 2 is 1.59 bits per heavy atom. The zero-order chi connectivity index (χ0) is 35.6. The van der Waals surface area contributed by atoms with Crippen LogP contribution < -0.4 is 14.4 Å². The van der Waals surface area contributed by atoms with Crippen molar-refractivity contribution >= 4 is 62.5 Å². The fourth-order valence-electron chi connectivity index (χ4n) is 5.11. The van der Waals surface area contributed by atoms with Gasteiger partial charge in [0.2, 0.25) is 11.8 Å². The largest absolute Gasteiger partial charge is 0.494 e. The minimum absolute atomic E-state index is 0.0228. The Kier molecular flexibility index (Phi) is 13.8. The van der Waals surface area contributed by atoms with E-state index in [1.807, 2.05) is 57.4 Å². The van der Waals surface area contributed by atoms with Gasteiger partial charge in [-0.1, -0.05) is 66.5 Å². The number of ether oxygens (including phenoxy) is 1. The molecular weight excluding hydrogens is 701 g/mol. The summed E-state index contributed by atoms with van der Waals surface area (Å²) in [5.74, 6) is -0.396. The van der Waals surface area contributed by atoms with Gasteiger partial charge in [-0.25, -0.2) is 8.42 Å². The fourth-order valence-corrected chi connectivity index (χ4v) is 7.40. The van der Waals surface area contributed by atoms with Crippen LogP contribution in [-0.2, 0) is 32.6 Å². The predicted octanol–water partition coefficient (Wildman–Crippen LogP) is 7.86. The second-order valence-electron chi connectivity index (χ2n) is 11.4. The molecule has 4 aromatic rings. The minimum Gasteiger partial charge on any atom is -0.494 e. The van der Waals surface area contributed by atoms with Crippen LogP contribution >= 0.6 is 35.0 Å². The lowest BCUT2D eigenvalue weighted by atomic mass is 10.0. The van der Waals surface area contributed by atoms with E-state index in [9.17, 15) is 18.0 Å². The molecule has 0 aliphatic carbocycles. The summed E-state index contributed by atoms with van der Waals surface area (Å²) >= 11 is 14.3. The van der Waals surface area contributed by atoms with E-state index in [1.165, 1.54) is 28.8 Å². The molecule has 2 atom stereocenters. The Labute approximate surface area is 303 Å². The Hall–Kier alpha value is -3.70. The van der Waals surface area contributed by atoms with E-state index >= 15 is 0 Å². The summed E-state index contributed by atoms with van der Waals surface area (Å²) in [6.07, 6.45) is 2.77. The van der Waals surface area contributed by atoms with Crippen LogP contribution in [0.4, 0.5) is 5.69 Å². The van der Waals surface area contributed by atoms with Gasteiger partial charge >= 0.3 is 0 Å². The number of nitrogens with one attached hydrogen (secondary N) is 1. The van der Waals surface area contributed by atoms with Gasteiger partial charge < -0.3 is 15.0 Å². The smallest absolute Gasteiger partial charge is 0.264 e. The zero-order valence-corrected chi connectivity index (χ0v) is 31.1. The summed E-state index contributed by atoms with van der Waals surface area (Å²) < 4.78 is 35.3. The lowest BCUT2D eigenvalue weighted by Gasteiger charge is -2.34. The van der Waals surface area contributed by atoms with Crippen molar-refractivity contribution in [3.63, 3.8) is 0 Å². The first-order valence-corrected chi connectivity index (χ1v) is 19.4. The average molecular weight is 743 g/mol. The molecule has 0 saturated carbocycles. The van der Waals surface area contributed by atoms with Crippen LogP contribution in [0.25, 0.3) is 0 Å². The summed E-state index contributed by atoms with van der Waals surface area (Å²) in [6.45, 7) is 5.48. The molecule has 0 saturated heterocycles. The number of thioether (sulfide) groups is 1. The molecule has 12 heteroatoms. The third-order valence-corrected chi connectivity index (χ3v) is 11.1. The second-order valence-corrected chi connectivity index (χ2v) is 15.0. The van der Waals surface area contributed by atoms with Gasteiger partial charge in [0.15, 0.2) is 0 Å². The average Bonchev–Trinajstić information content (AvgIpc) is 3.10. The molecule has 2 unspecified atom stereocenters. The van der Waals surface area contributed by atoms with Gasteiger partial charge in [0.25, 0.3) is 10.0 Å². The molecule has 8 nitrogen and oxygen atoms in total. The third-order valence-electron chi connectivity index (χ3n) is 7.99. The van der Waals surface area contributed by atoms with E-state index in [2.05, 4.69) is 5.32 Å². The van der Waals surface area contributed by atoms with Crippen molar-refractivity contribution in [3.05, 3.63) is 118 Å². The maximum atomic E-state index is 14.7. The maximum Gasteiger partial charge on any atom is 0.264 e. The van der Waals surface area contributed by atoms with E-state index < -0.39 is 28.5 Å². The van der Waals surface area contributed by atoms with Crippen molar-refractivity contribution < 1.29 is 22.7 Å². The van der Waals surface area contributed by atoms with E-state index in [1.54, 1.807) is 54.6 Å². The standard InChI is InChI=1S/C37H41Cl2N3O5S2/c1-5-26(3)40-37(44)35(22-27-10-8-7-9-11-27)41(24-28-12-13-29(38)23-34(28)39)36(43)25-42(30-14-16-31(17-15-30)47-6-2)49(45,46)33-20-18-32(48-4)19-21-33/h7-21,23,26,35H,5-6,22,24-25H2,1-4H3,(H,40,44). The summed E-state index contributed by atoms with van der Waals surface area (Å²) in [4.78, 5) is 31.0. The molecule has 260 valence electrons. The lowest BCUT2D eigenvalue weighted by molar-refractivity contribution is -0.140. The highest BCUT2D eigenvalue weighted by Gasteiger charge is 2.35. The molecule has 4 rings (SSSR count). The Morgan fingerprint density at radius 3 is 2.18 bits per heavy atom. The number of hydrogen-bond donors (Lipinski definition) is 1. The van der Waals surface area contributed by atoms with Crippen molar-refractivity contribution in [2.75, 3.05) is 23.7 Å². The monoisotopic (exact) mass is 741 g/mol. The normalized spacial score (nSPS) is 12.5. The molecule has 1 N–H and O–H groups in total. The van der Waals surface area contributed by atoms with E-state index in [0.29, 0.717) is 34.4 Å². The molecule has 0 bridgehead atoms. The van der Waals surface area contributed by atoms with Crippen molar-refractivity contribution in [2.24, 2.45) is 0 Å². The molecular formula is C37H41Cl2N3O5S2. The quantitative estimate of drug-likeness (QED) is 0.118. The molecule has 0 heterocycles. The number of amides is 2. The highest BCUT2D eigenvalue weighted by molar-refractivity contribution is 7.98. The van der Waals surface area contributed by atoms with Crippen molar-refractivity contribution in [3.8, 4) is 5.75 Å². The number of nitrogens with zero attached hydrogens (tertiary/aromatic N) is 2. The number of hydrogen-bond acceptors (Lipinski definition) is 6. The van der Waals surface area contributed by atoms with E-state index in [4.69, 9.17) is 27.9 Å². The van der Waals surface area contributed by atoms with Crippen molar-refractivity contribution in [1.29, 1.82) is 0 Å².